The van der Waals surface area contributed by atoms with Gasteiger partial charge in [-0.05, 0) is 32.1 Å². The Hall–Kier alpha value is -1.89. The molecule has 132 valence electrons. The summed E-state index contributed by atoms with van der Waals surface area (Å²) in [6.07, 6.45) is 7.64. The number of aromatic nitrogens is 2. The molecule has 2 aliphatic rings. The van der Waals surface area contributed by atoms with Crippen LogP contribution in [0.5, 0.6) is 5.88 Å². The lowest BCUT2D eigenvalue weighted by Crippen LogP contribution is -2.46. The quantitative estimate of drug-likeness (QED) is 0.855. The number of likely N-dealkylation sites (tertiary alicyclic amines) is 1. The van der Waals surface area contributed by atoms with Crippen molar-refractivity contribution in [2.45, 2.75) is 51.2 Å². The Morgan fingerprint density at radius 1 is 1.33 bits per heavy atom. The summed E-state index contributed by atoms with van der Waals surface area (Å²) < 4.78 is 11.1. The number of anilines is 1. The minimum absolute atomic E-state index is 0.150. The second-order valence-electron chi connectivity index (χ2n) is 6.30. The number of amides is 1. The maximum Gasteiger partial charge on any atom is 0.257 e. The topological polar surface area (TPSA) is 76.6 Å². The molecule has 24 heavy (non-hydrogen) atoms. The molecule has 0 aliphatic carbocycles. The first-order valence-corrected chi connectivity index (χ1v) is 8.88. The summed E-state index contributed by atoms with van der Waals surface area (Å²) in [5.74, 6) is 1.39. The second-order valence-corrected chi connectivity index (χ2v) is 6.30. The fourth-order valence-corrected chi connectivity index (χ4v) is 3.14. The smallest absolute Gasteiger partial charge is 0.257 e. The average molecular weight is 334 g/mol. The number of nitrogens with zero attached hydrogens (tertiary/aromatic N) is 3. The molecule has 1 atom stereocenters. The van der Waals surface area contributed by atoms with Gasteiger partial charge in [0.25, 0.3) is 11.8 Å². The molecule has 3 heterocycles. The first-order chi connectivity index (χ1) is 11.8. The molecule has 3 rings (SSSR count). The maximum atomic E-state index is 12.4. The Labute approximate surface area is 142 Å². The van der Waals surface area contributed by atoms with Crippen LogP contribution in [0, 0.1) is 0 Å². The van der Waals surface area contributed by atoms with E-state index in [1.807, 2.05) is 4.90 Å². The third kappa shape index (κ3) is 4.14. The van der Waals surface area contributed by atoms with Gasteiger partial charge in [-0.15, -0.1) is 0 Å². The molecule has 1 aromatic heterocycles. The number of hydrogen-bond acceptors (Lipinski definition) is 6. The Kier molecular flexibility index (Phi) is 5.85. The monoisotopic (exact) mass is 334 g/mol. The predicted octanol–water partition coefficient (Wildman–Crippen LogP) is 1.85. The van der Waals surface area contributed by atoms with E-state index in [1.54, 1.807) is 12.4 Å². The van der Waals surface area contributed by atoms with Gasteiger partial charge < -0.3 is 19.7 Å². The van der Waals surface area contributed by atoms with Gasteiger partial charge in [-0.3, -0.25) is 4.79 Å². The van der Waals surface area contributed by atoms with Gasteiger partial charge in [0, 0.05) is 38.1 Å². The Morgan fingerprint density at radius 3 is 2.83 bits per heavy atom. The zero-order valence-corrected chi connectivity index (χ0v) is 14.2. The molecule has 0 spiro atoms. The highest BCUT2D eigenvalue weighted by Gasteiger charge is 2.31. The number of nitrogens with one attached hydrogen (secondary N) is 1. The molecule has 2 fully saturated rings. The average Bonchev–Trinajstić information content (AvgIpc) is 3.16. The van der Waals surface area contributed by atoms with Gasteiger partial charge in [-0.2, -0.15) is 0 Å². The zero-order chi connectivity index (χ0) is 16.8. The van der Waals surface area contributed by atoms with Crippen LogP contribution in [0.2, 0.25) is 0 Å². The maximum absolute atomic E-state index is 12.4. The van der Waals surface area contributed by atoms with Gasteiger partial charge in [0.05, 0.1) is 6.61 Å². The molecule has 0 radical (unpaired) electrons. The zero-order valence-electron chi connectivity index (χ0n) is 14.2. The molecule has 1 amide bonds. The van der Waals surface area contributed by atoms with E-state index in [9.17, 15) is 4.79 Å². The van der Waals surface area contributed by atoms with Crippen molar-refractivity contribution in [1.29, 1.82) is 0 Å². The van der Waals surface area contributed by atoms with Crippen molar-refractivity contribution in [1.82, 2.24) is 14.9 Å². The second kappa shape index (κ2) is 8.28. The molecule has 0 saturated carbocycles. The van der Waals surface area contributed by atoms with Gasteiger partial charge in [0.1, 0.15) is 6.10 Å². The Bertz CT molecular complexity index is 540. The molecule has 0 unspecified atom stereocenters. The molecule has 0 bridgehead atoms. The number of carbonyl (C=O) groups excluding carboxylic acids is 1. The third-order valence-corrected chi connectivity index (χ3v) is 4.46. The standard InChI is InChI=1S/C17H26N4O3/c1-2-11-24-16-15(18-7-8-19-16)20-13-5-9-21(10-6-13)17(22)14-4-3-12-23-14/h7-8,13-14H,2-6,9-12H2,1H3,(H,18,20)/t14-/m0/s1. The normalized spacial score (nSPS) is 21.7. The minimum Gasteiger partial charge on any atom is -0.475 e. The molecule has 1 N–H and O–H groups in total. The largest absolute Gasteiger partial charge is 0.475 e. The van der Waals surface area contributed by atoms with Crippen LogP contribution in [0.4, 0.5) is 5.82 Å². The number of piperidine rings is 1. The molecule has 7 heteroatoms. The molecular formula is C17H26N4O3. The molecule has 0 aromatic carbocycles. The fourth-order valence-electron chi connectivity index (χ4n) is 3.14. The summed E-state index contributed by atoms with van der Waals surface area (Å²) in [5, 5.41) is 3.42. The van der Waals surface area contributed by atoms with Crippen LogP contribution < -0.4 is 10.1 Å². The number of ether oxygens (including phenoxy) is 2. The van der Waals surface area contributed by atoms with Gasteiger partial charge >= 0.3 is 0 Å². The first kappa shape index (κ1) is 17.0. The predicted molar refractivity (Wildman–Crippen MR) is 90.0 cm³/mol. The van der Waals surface area contributed by atoms with Gasteiger partial charge in [-0.25, -0.2) is 9.97 Å². The van der Waals surface area contributed by atoms with Crippen LogP contribution in [-0.2, 0) is 9.53 Å². The van der Waals surface area contributed by atoms with Gasteiger partial charge in [0.15, 0.2) is 5.82 Å². The van der Waals surface area contributed by atoms with E-state index in [4.69, 9.17) is 9.47 Å². The molecule has 2 saturated heterocycles. The summed E-state index contributed by atoms with van der Waals surface area (Å²) in [7, 11) is 0. The van der Waals surface area contributed by atoms with Crippen molar-refractivity contribution >= 4 is 11.7 Å². The van der Waals surface area contributed by atoms with Crippen LogP contribution in [0.25, 0.3) is 0 Å². The van der Waals surface area contributed by atoms with Crippen LogP contribution in [0.3, 0.4) is 0 Å². The first-order valence-electron chi connectivity index (χ1n) is 8.88. The van der Waals surface area contributed by atoms with E-state index in [0.29, 0.717) is 24.9 Å². The number of carbonyl (C=O) groups is 1. The SMILES string of the molecule is CCCOc1nccnc1NC1CCN(C(=O)[C@@H]2CCCO2)CC1. The van der Waals surface area contributed by atoms with Gasteiger partial charge in [-0.1, -0.05) is 6.92 Å². The van der Waals surface area contributed by atoms with E-state index < -0.39 is 0 Å². The van der Waals surface area contributed by atoms with Crippen LogP contribution in [0.15, 0.2) is 12.4 Å². The van der Waals surface area contributed by atoms with E-state index in [1.165, 1.54) is 0 Å². The van der Waals surface area contributed by atoms with Crippen LogP contribution in [-0.4, -0.2) is 59.2 Å². The van der Waals surface area contributed by atoms with Crippen molar-refractivity contribution in [3.05, 3.63) is 12.4 Å². The fraction of sp³-hybridized carbons (Fsp3) is 0.706. The number of hydrogen-bond donors (Lipinski definition) is 1. The van der Waals surface area contributed by atoms with E-state index in [-0.39, 0.29) is 18.1 Å². The van der Waals surface area contributed by atoms with Crippen molar-refractivity contribution in [2.75, 3.05) is 31.6 Å². The van der Waals surface area contributed by atoms with E-state index in [0.717, 1.165) is 45.2 Å². The molecule has 2 aliphatic heterocycles. The van der Waals surface area contributed by atoms with Crippen molar-refractivity contribution < 1.29 is 14.3 Å². The molecular weight excluding hydrogens is 308 g/mol. The molecule has 1 aromatic rings. The highest BCUT2D eigenvalue weighted by molar-refractivity contribution is 5.81. The van der Waals surface area contributed by atoms with Crippen molar-refractivity contribution in [3.8, 4) is 5.88 Å². The summed E-state index contributed by atoms with van der Waals surface area (Å²) in [4.78, 5) is 22.9. The summed E-state index contributed by atoms with van der Waals surface area (Å²) in [6.45, 7) is 4.90. The van der Waals surface area contributed by atoms with E-state index in [2.05, 4.69) is 22.2 Å². The van der Waals surface area contributed by atoms with Crippen molar-refractivity contribution in [2.24, 2.45) is 0 Å². The minimum atomic E-state index is -0.219. The van der Waals surface area contributed by atoms with E-state index >= 15 is 0 Å². The van der Waals surface area contributed by atoms with Crippen LogP contribution in [0.1, 0.15) is 39.0 Å². The lowest BCUT2D eigenvalue weighted by molar-refractivity contribution is -0.141. The lowest BCUT2D eigenvalue weighted by Gasteiger charge is -2.33. The Balaban J connectivity index is 1.51. The third-order valence-electron chi connectivity index (χ3n) is 4.46. The Morgan fingerprint density at radius 2 is 2.12 bits per heavy atom. The molecule has 7 nitrogen and oxygen atoms in total. The van der Waals surface area contributed by atoms with Crippen LogP contribution >= 0.6 is 0 Å². The number of rotatable bonds is 6. The summed E-state index contributed by atoms with van der Waals surface area (Å²) in [5.41, 5.74) is 0. The van der Waals surface area contributed by atoms with Crippen molar-refractivity contribution in [3.63, 3.8) is 0 Å². The lowest BCUT2D eigenvalue weighted by atomic mass is 10.0. The van der Waals surface area contributed by atoms with Gasteiger partial charge in [0.2, 0.25) is 0 Å². The summed E-state index contributed by atoms with van der Waals surface area (Å²) >= 11 is 0. The highest BCUT2D eigenvalue weighted by atomic mass is 16.5. The highest BCUT2D eigenvalue weighted by Crippen LogP contribution is 2.23. The summed E-state index contributed by atoms with van der Waals surface area (Å²) in [6, 6.07) is 0.277.